The molecule has 2 amide bonds. The Balaban J connectivity index is 1.49. The standard InChI is InChI=1S/C24H21ClN2O3/c25-14-17-13-22(23(28)26-15-21-7-4-12-30-21)27(16-17)24(29)20-10-8-19(9-11-20)18-5-2-1-3-6-18/h1-12,14,22H,13,15-16H2,(H,26,28)/b17-14+. The number of halogens is 1. The zero-order valence-corrected chi connectivity index (χ0v) is 17.0. The van der Waals surface area contributed by atoms with Crippen molar-refractivity contribution in [1.29, 1.82) is 0 Å². The number of hydrogen-bond acceptors (Lipinski definition) is 3. The third-order valence-electron chi connectivity index (χ3n) is 5.18. The van der Waals surface area contributed by atoms with Crippen LogP contribution >= 0.6 is 11.6 Å². The third-order valence-corrected chi connectivity index (χ3v) is 5.49. The number of carbonyl (C=O) groups is 2. The number of hydrogen-bond donors (Lipinski definition) is 1. The van der Waals surface area contributed by atoms with Gasteiger partial charge in [-0.25, -0.2) is 0 Å². The molecule has 0 spiro atoms. The Kier molecular flexibility index (Phi) is 6.00. The summed E-state index contributed by atoms with van der Waals surface area (Å²) in [4.78, 5) is 27.5. The summed E-state index contributed by atoms with van der Waals surface area (Å²) in [6, 6.07) is 20.3. The average molecular weight is 421 g/mol. The fourth-order valence-electron chi connectivity index (χ4n) is 3.59. The second-order valence-corrected chi connectivity index (χ2v) is 7.38. The Morgan fingerprint density at radius 1 is 1.03 bits per heavy atom. The zero-order chi connectivity index (χ0) is 20.9. The molecule has 1 N–H and O–H groups in total. The molecule has 1 aliphatic rings. The molecule has 30 heavy (non-hydrogen) atoms. The van der Waals surface area contributed by atoms with Gasteiger partial charge in [0.15, 0.2) is 0 Å². The van der Waals surface area contributed by atoms with E-state index in [-0.39, 0.29) is 18.4 Å². The first-order chi connectivity index (χ1) is 14.7. The van der Waals surface area contributed by atoms with Crippen molar-refractivity contribution in [3.05, 3.63) is 95.4 Å². The van der Waals surface area contributed by atoms with Crippen LogP contribution in [0.2, 0.25) is 0 Å². The van der Waals surface area contributed by atoms with Gasteiger partial charge in [0.2, 0.25) is 5.91 Å². The van der Waals surface area contributed by atoms with Crippen LogP contribution in [0.4, 0.5) is 0 Å². The summed E-state index contributed by atoms with van der Waals surface area (Å²) in [6.45, 7) is 0.609. The van der Waals surface area contributed by atoms with Gasteiger partial charge >= 0.3 is 0 Å². The van der Waals surface area contributed by atoms with E-state index in [1.54, 1.807) is 35.4 Å². The summed E-state index contributed by atoms with van der Waals surface area (Å²) in [5.74, 6) is 0.235. The van der Waals surface area contributed by atoms with Crippen molar-refractivity contribution >= 4 is 23.4 Å². The summed E-state index contributed by atoms with van der Waals surface area (Å²) in [5.41, 5.74) is 4.96. The van der Waals surface area contributed by atoms with E-state index in [4.69, 9.17) is 16.0 Å². The van der Waals surface area contributed by atoms with Crippen LogP contribution in [0.25, 0.3) is 11.1 Å². The summed E-state index contributed by atoms with van der Waals surface area (Å²) >= 11 is 5.89. The maximum absolute atomic E-state index is 13.2. The average Bonchev–Trinajstić information content (AvgIpc) is 3.48. The van der Waals surface area contributed by atoms with Crippen LogP contribution in [-0.2, 0) is 11.3 Å². The number of likely N-dealkylation sites (tertiary alicyclic amines) is 1. The summed E-state index contributed by atoms with van der Waals surface area (Å²) in [6.07, 6.45) is 1.97. The molecule has 2 aromatic carbocycles. The first kappa shape index (κ1) is 20.0. The molecule has 152 valence electrons. The molecule has 1 atom stereocenters. The van der Waals surface area contributed by atoms with Crippen LogP contribution in [0.1, 0.15) is 22.5 Å². The SMILES string of the molecule is O=C(NCc1ccco1)C1C/C(=C\Cl)CN1C(=O)c1ccc(-c2ccccc2)cc1. The van der Waals surface area contributed by atoms with Crippen LogP contribution in [0.15, 0.2) is 88.5 Å². The van der Waals surface area contributed by atoms with Gasteiger partial charge in [-0.15, -0.1) is 0 Å². The van der Waals surface area contributed by atoms with Crippen LogP contribution in [-0.4, -0.2) is 29.3 Å². The maximum atomic E-state index is 13.2. The smallest absolute Gasteiger partial charge is 0.254 e. The predicted molar refractivity (Wildman–Crippen MR) is 116 cm³/mol. The second kappa shape index (κ2) is 9.01. The Morgan fingerprint density at radius 3 is 2.43 bits per heavy atom. The number of amides is 2. The number of benzene rings is 2. The summed E-state index contributed by atoms with van der Waals surface area (Å²) < 4.78 is 5.25. The molecule has 1 fully saturated rings. The Hall–Kier alpha value is -3.31. The largest absolute Gasteiger partial charge is 0.467 e. The summed E-state index contributed by atoms with van der Waals surface area (Å²) in [7, 11) is 0. The van der Waals surface area contributed by atoms with Crippen LogP contribution < -0.4 is 5.32 Å². The van der Waals surface area contributed by atoms with Crippen molar-refractivity contribution in [2.75, 3.05) is 6.54 Å². The molecular weight excluding hydrogens is 400 g/mol. The molecule has 1 saturated heterocycles. The van der Waals surface area contributed by atoms with Crippen molar-refractivity contribution in [1.82, 2.24) is 10.2 Å². The van der Waals surface area contributed by atoms with Gasteiger partial charge < -0.3 is 14.6 Å². The molecule has 6 heteroatoms. The predicted octanol–water partition coefficient (Wildman–Crippen LogP) is 4.60. The molecule has 2 heterocycles. The topological polar surface area (TPSA) is 62.6 Å². The molecule has 4 rings (SSSR count). The lowest BCUT2D eigenvalue weighted by molar-refractivity contribution is -0.125. The van der Waals surface area contributed by atoms with Gasteiger partial charge in [-0.2, -0.15) is 0 Å². The number of furan rings is 1. The maximum Gasteiger partial charge on any atom is 0.254 e. The molecule has 1 unspecified atom stereocenters. The third kappa shape index (κ3) is 4.31. The zero-order valence-electron chi connectivity index (χ0n) is 16.3. The molecule has 5 nitrogen and oxygen atoms in total. The second-order valence-electron chi connectivity index (χ2n) is 7.16. The molecule has 0 saturated carbocycles. The monoisotopic (exact) mass is 420 g/mol. The van der Waals surface area contributed by atoms with E-state index < -0.39 is 6.04 Å². The Bertz CT molecular complexity index is 1040. The van der Waals surface area contributed by atoms with E-state index in [1.165, 1.54) is 5.54 Å². The minimum Gasteiger partial charge on any atom is -0.467 e. The number of rotatable bonds is 5. The van der Waals surface area contributed by atoms with Crippen molar-refractivity contribution in [3.8, 4) is 11.1 Å². The fraction of sp³-hybridized carbons (Fsp3) is 0.167. The lowest BCUT2D eigenvalue weighted by Gasteiger charge is -2.23. The van der Waals surface area contributed by atoms with Crippen molar-refractivity contribution < 1.29 is 14.0 Å². The first-order valence-electron chi connectivity index (χ1n) is 9.70. The van der Waals surface area contributed by atoms with Gasteiger partial charge in [-0.3, -0.25) is 9.59 Å². The molecular formula is C24H21ClN2O3. The van der Waals surface area contributed by atoms with E-state index in [2.05, 4.69) is 5.32 Å². The highest BCUT2D eigenvalue weighted by molar-refractivity contribution is 6.25. The summed E-state index contributed by atoms with van der Waals surface area (Å²) in [5, 5.41) is 2.84. The molecule has 3 aromatic rings. The molecule has 0 bridgehead atoms. The van der Waals surface area contributed by atoms with Gasteiger partial charge in [0.25, 0.3) is 5.91 Å². The molecule has 1 aromatic heterocycles. The van der Waals surface area contributed by atoms with Crippen molar-refractivity contribution in [3.63, 3.8) is 0 Å². The van der Waals surface area contributed by atoms with E-state index in [1.807, 2.05) is 42.5 Å². The highest BCUT2D eigenvalue weighted by Gasteiger charge is 2.37. The highest BCUT2D eigenvalue weighted by atomic mass is 35.5. The van der Waals surface area contributed by atoms with E-state index in [0.717, 1.165) is 16.7 Å². The van der Waals surface area contributed by atoms with E-state index >= 15 is 0 Å². The minimum atomic E-state index is -0.605. The lowest BCUT2D eigenvalue weighted by Crippen LogP contribution is -2.45. The lowest BCUT2D eigenvalue weighted by atomic mass is 10.0. The number of nitrogens with one attached hydrogen (secondary N) is 1. The van der Waals surface area contributed by atoms with Gasteiger partial charge in [-0.05, 0) is 41.0 Å². The van der Waals surface area contributed by atoms with Crippen molar-refractivity contribution in [2.24, 2.45) is 0 Å². The minimum absolute atomic E-state index is 0.193. The molecule has 1 aliphatic heterocycles. The van der Waals surface area contributed by atoms with Crippen LogP contribution in [0, 0.1) is 0 Å². The molecule has 0 radical (unpaired) electrons. The molecule has 0 aliphatic carbocycles. The van der Waals surface area contributed by atoms with Gasteiger partial charge in [0.05, 0.1) is 12.8 Å². The van der Waals surface area contributed by atoms with Gasteiger partial charge in [-0.1, -0.05) is 54.1 Å². The Morgan fingerprint density at radius 2 is 1.77 bits per heavy atom. The normalized spacial score (nSPS) is 17.3. The van der Waals surface area contributed by atoms with E-state index in [9.17, 15) is 9.59 Å². The van der Waals surface area contributed by atoms with Crippen molar-refractivity contribution in [2.45, 2.75) is 19.0 Å². The fourth-order valence-corrected chi connectivity index (χ4v) is 3.74. The Labute approximate surface area is 180 Å². The van der Waals surface area contributed by atoms with E-state index in [0.29, 0.717) is 24.3 Å². The first-order valence-corrected chi connectivity index (χ1v) is 10.1. The number of nitrogens with zero attached hydrogens (tertiary/aromatic N) is 1. The van der Waals surface area contributed by atoms with Gasteiger partial charge in [0.1, 0.15) is 11.8 Å². The quantitative estimate of drug-likeness (QED) is 0.656. The highest BCUT2D eigenvalue weighted by Crippen LogP contribution is 2.27. The van der Waals surface area contributed by atoms with Crippen LogP contribution in [0.3, 0.4) is 0 Å². The number of carbonyl (C=O) groups excluding carboxylic acids is 2. The van der Waals surface area contributed by atoms with Gasteiger partial charge in [0, 0.05) is 24.1 Å². The van der Waals surface area contributed by atoms with Crippen LogP contribution in [0.5, 0.6) is 0 Å².